The standard InChI is InChI=1S/C19H23N3O3/c1-20-18(24)19-7-9-25-12-15(19)10-22(13-19)17(23)11-21-8-6-14-4-2-3-5-16(14)21/h2-6,8,15H,7,9-13H2,1H3,(H,20,24)/t15-,19+/m1/s1. The Morgan fingerprint density at radius 2 is 2.16 bits per heavy atom. The minimum atomic E-state index is -0.499. The molecular formula is C19H23N3O3. The molecule has 0 bridgehead atoms. The van der Waals surface area contributed by atoms with E-state index in [0.29, 0.717) is 39.3 Å². The van der Waals surface area contributed by atoms with Crippen molar-refractivity contribution in [1.29, 1.82) is 0 Å². The lowest BCUT2D eigenvalue weighted by atomic mass is 9.73. The fourth-order valence-electron chi connectivity index (χ4n) is 4.28. The third-order valence-corrected chi connectivity index (χ3v) is 5.72. The third kappa shape index (κ3) is 2.61. The second-order valence-corrected chi connectivity index (χ2v) is 7.03. The Labute approximate surface area is 146 Å². The number of carbonyl (C=O) groups excluding carboxylic acids is 2. The van der Waals surface area contributed by atoms with Crippen molar-refractivity contribution in [3.05, 3.63) is 36.5 Å². The van der Waals surface area contributed by atoms with E-state index in [-0.39, 0.29) is 17.7 Å². The van der Waals surface area contributed by atoms with Gasteiger partial charge in [-0.05, 0) is 23.9 Å². The summed E-state index contributed by atoms with van der Waals surface area (Å²) in [6, 6.07) is 10.1. The minimum Gasteiger partial charge on any atom is -0.381 e. The monoisotopic (exact) mass is 341 g/mol. The van der Waals surface area contributed by atoms with Crippen LogP contribution in [-0.2, 0) is 20.9 Å². The maximum Gasteiger partial charge on any atom is 0.242 e. The Kier molecular flexibility index (Phi) is 4.00. The molecule has 6 heteroatoms. The van der Waals surface area contributed by atoms with E-state index in [2.05, 4.69) is 5.32 Å². The summed E-state index contributed by atoms with van der Waals surface area (Å²) >= 11 is 0. The molecule has 132 valence electrons. The topological polar surface area (TPSA) is 63.6 Å². The molecule has 2 aliphatic rings. The Bertz CT molecular complexity index is 815. The first-order chi connectivity index (χ1) is 12.1. The van der Waals surface area contributed by atoms with Crippen LogP contribution in [-0.4, -0.2) is 54.6 Å². The number of hydrogen-bond donors (Lipinski definition) is 1. The molecule has 1 aromatic carbocycles. The number of fused-ring (bicyclic) bond motifs is 2. The lowest BCUT2D eigenvalue weighted by Crippen LogP contribution is -2.49. The van der Waals surface area contributed by atoms with Crippen LogP contribution in [0.15, 0.2) is 36.5 Å². The number of amides is 2. The summed E-state index contributed by atoms with van der Waals surface area (Å²) in [4.78, 5) is 27.2. The van der Waals surface area contributed by atoms with Gasteiger partial charge in [-0.3, -0.25) is 9.59 Å². The minimum absolute atomic E-state index is 0.0301. The molecule has 25 heavy (non-hydrogen) atoms. The van der Waals surface area contributed by atoms with E-state index < -0.39 is 5.41 Å². The molecule has 2 aliphatic heterocycles. The van der Waals surface area contributed by atoms with Crippen LogP contribution in [0.4, 0.5) is 0 Å². The SMILES string of the molecule is CNC(=O)[C@]12CCOC[C@H]1CN(C(=O)Cn1ccc3ccccc31)C2. The van der Waals surface area contributed by atoms with Crippen LogP contribution < -0.4 is 5.32 Å². The average molecular weight is 341 g/mol. The highest BCUT2D eigenvalue weighted by Crippen LogP contribution is 2.42. The van der Waals surface area contributed by atoms with E-state index in [4.69, 9.17) is 4.74 Å². The van der Waals surface area contributed by atoms with Crippen LogP contribution in [0.2, 0.25) is 0 Å². The van der Waals surface area contributed by atoms with E-state index in [0.717, 1.165) is 10.9 Å². The molecule has 3 heterocycles. The van der Waals surface area contributed by atoms with E-state index in [1.807, 2.05) is 46.0 Å². The fraction of sp³-hybridized carbons (Fsp3) is 0.474. The smallest absolute Gasteiger partial charge is 0.242 e. The van der Waals surface area contributed by atoms with Crippen LogP contribution in [0.25, 0.3) is 10.9 Å². The van der Waals surface area contributed by atoms with Crippen molar-refractivity contribution in [3.8, 4) is 0 Å². The van der Waals surface area contributed by atoms with E-state index >= 15 is 0 Å². The molecule has 2 saturated heterocycles. The van der Waals surface area contributed by atoms with Crippen molar-refractivity contribution < 1.29 is 14.3 Å². The van der Waals surface area contributed by atoms with Crippen molar-refractivity contribution in [1.82, 2.24) is 14.8 Å². The maximum atomic E-state index is 12.9. The number of ether oxygens (including phenoxy) is 1. The largest absolute Gasteiger partial charge is 0.381 e. The van der Waals surface area contributed by atoms with E-state index in [1.165, 1.54) is 0 Å². The summed E-state index contributed by atoms with van der Waals surface area (Å²) < 4.78 is 7.55. The predicted octanol–water partition coefficient (Wildman–Crippen LogP) is 1.25. The van der Waals surface area contributed by atoms with Gasteiger partial charge < -0.3 is 19.5 Å². The molecule has 6 nitrogen and oxygen atoms in total. The summed E-state index contributed by atoms with van der Waals surface area (Å²) in [5.74, 6) is 0.160. The van der Waals surface area contributed by atoms with Gasteiger partial charge in [0.1, 0.15) is 6.54 Å². The maximum absolute atomic E-state index is 12.9. The zero-order valence-corrected chi connectivity index (χ0v) is 14.4. The molecule has 0 unspecified atom stereocenters. The highest BCUT2D eigenvalue weighted by atomic mass is 16.5. The third-order valence-electron chi connectivity index (χ3n) is 5.72. The Morgan fingerprint density at radius 3 is 3.00 bits per heavy atom. The van der Waals surface area contributed by atoms with Gasteiger partial charge in [-0.25, -0.2) is 0 Å². The number of nitrogens with zero attached hydrogens (tertiary/aromatic N) is 2. The van der Waals surface area contributed by atoms with Gasteiger partial charge in [-0.2, -0.15) is 0 Å². The Hall–Kier alpha value is -2.34. The number of carbonyl (C=O) groups is 2. The van der Waals surface area contributed by atoms with Gasteiger partial charge >= 0.3 is 0 Å². The van der Waals surface area contributed by atoms with Gasteiger partial charge in [-0.15, -0.1) is 0 Å². The van der Waals surface area contributed by atoms with Gasteiger partial charge in [0.15, 0.2) is 0 Å². The first kappa shape index (κ1) is 16.1. The van der Waals surface area contributed by atoms with Gasteiger partial charge in [0.25, 0.3) is 0 Å². The zero-order chi connectivity index (χ0) is 17.4. The number of benzene rings is 1. The van der Waals surface area contributed by atoms with Crippen molar-refractivity contribution in [3.63, 3.8) is 0 Å². The molecule has 0 spiro atoms. The van der Waals surface area contributed by atoms with Crippen molar-refractivity contribution in [2.75, 3.05) is 33.4 Å². The molecule has 4 rings (SSSR count). The van der Waals surface area contributed by atoms with Crippen LogP contribution >= 0.6 is 0 Å². The number of hydrogen-bond acceptors (Lipinski definition) is 3. The summed E-state index contributed by atoms with van der Waals surface area (Å²) in [6.07, 6.45) is 2.62. The van der Waals surface area contributed by atoms with Gasteiger partial charge in [0.05, 0.1) is 12.0 Å². The second-order valence-electron chi connectivity index (χ2n) is 7.03. The quantitative estimate of drug-likeness (QED) is 0.914. The fourth-order valence-corrected chi connectivity index (χ4v) is 4.28. The molecule has 2 fully saturated rings. The lowest BCUT2D eigenvalue weighted by Gasteiger charge is -2.36. The predicted molar refractivity (Wildman–Crippen MR) is 93.9 cm³/mol. The molecule has 0 aliphatic carbocycles. The zero-order valence-electron chi connectivity index (χ0n) is 14.4. The summed E-state index contributed by atoms with van der Waals surface area (Å²) in [6.45, 7) is 2.49. The van der Waals surface area contributed by atoms with Crippen LogP contribution in [0.1, 0.15) is 6.42 Å². The van der Waals surface area contributed by atoms with E-state index in [1.54, 1.807) is 7.05 Å². The summed E-state index contributed by atoms with van der Waals surface area (Å²) in [7, 11) is 1.67. The highest BCUT2D eigenvalue weighted by Gasteiger charge is 2.54. The summed E-state index contributed by atoms with van der Waals surface area (Å²) in [5, 5.41) is 3.91. The molecule has 0 saturated carbocycles. The molecule has 2 atom stereocenters. The normalized spacial score (nSPS) is 25.8. The highest BCUT2D eigenvalue weighted by molar-refractivity contribution is 5.87. The molecule has 1 N–H and O–H groups in total. The van der Waals surface area contributed by atoms with E-state index in [9.17, 15) is 9.59 Å². The molecular weight excluding hydrogens is 318 g/mol. The molecule has 1 aromatic heterocycles. The number of nitrogens with one attached hydrogen (secondary N) is 1. The summed E-state index contributed by atoms with van der Waals surface area (Å²) in [5.41, 5.74) is 0.554. The van der Waals surface area contributed by atoms with Crippen molar-refractivity contribution in [2.24, 2.45) is 11.3 Å². The van der Waals surface area contributed by atoms with Crippen LogP contribution in [0.3, 0.4) is 0 Å². The second kappa shape index (κ2) is 6.19. The van der Waals surface area contributed by atoms with Crippen molar-refractivity contribution >= 4 is 22.7 Å². The van der Waals surface area contributed by atoms with Crippen LogP contribution in [0.5, 0.6) is 0 Å². The number of aromatic nitrogens is 1. The lowest BCUT2D eigenvalue weighted by molar-refractivity contribution is -0.139. The average Bonchev–Trinajstić information content (AvgIpc) is 3.23. The van der Waals surface area contributed by atoms with Gasteiger partial charge in [0.2, 0.25) is 11.8 Å². The Morgan fingerprint density at radius 1 is 1.32 bits per heavy atom. The van der Waals surface area contributed by atoms with Gasteiger partial charge in [0, 0.05) is 44.4 Å². The number of likely N-dealkylation sites (tertiary alicyclic amines) is 1. The van der Waals surface area contributed by atoms with Crippen LogP contribution in [0, 0.1) is 11.3 Å². The first-order valence-corrected chi connectivity index (χ1v) is 8.75. The van der Waals surface area contributed by atoms with Crippen molar-refractivity contribution in [2.45, 2.75) is 13.0 Å². The number of rotatable bonds is 3. The number of para-hydroxylation sites is 1. The molecule has 2 aromatic rings. The van der Waals surface area contributed by atoms with Gasteiger partial charge in [-0.1, -0.05) is 18.2 Å². The first-order valence-electron chi connectivity index (χ1n) is 8.75. The molecule has 2 amide bonds. The molecule has 0 radical (unpaired) electrons. The Balaban J connectivity index is 1.54.